The quantitative estimate of drug-likeness (QED) is 0.504. The number of ketones is 1. The summed E-state index contributed by atoms with van der Waals surface area (Å²) >= 11 is 1.20. The molecule has 0 bridgehead atoms. The van der Waals surface area contributed by atoms with Crippen LogP contribution in [0, 0.1) is 19.8 Å². The Hall–Kier alpha value is -2.55. The Morgan fingerprint density at radius 1 is 1.06 bits per heavy atom. The zero-order valence-electron chi connectivity index (χ0n) is 18.2. The number of thiazole rings is 1. The maximum Gasteiger partial charge on any atom is 0.204 e. The molecule has 0 amide bonds. The van der Waals surface area contributed by atoms with E-state index < -0.39 is 15.2 Å². The SMILES string of the molecule is Cc1ccccc1C(=O)c1cnc(NC(C2CCNCC2)S(=O)(=O)c2ccccc2C)s1. The van der Waals surface area contributed by atoms with Gasteiger partial charge in [0, 0.05) is 5.56 Å². The highest BCUT2D eigenvalue weighted by Crippen LogP contribution is 2.32. The van der Waals surface area contributed by atoms with Gasteiger partial charge in [-0.1, -0.05) is 53.8 Å². The minimum absolute atomic E-state index is 0.0553. The molecule has 2 aromatic carbocycles. The Morgan fingerprint density at radius 2 is 1.72 bits per heavy atom. The predicted octanol–water partition coefficient (Wildman–Crippen LogP) is 4.20. The van der Waals surface area contributed by atoms with Crippen LogP contribution in [0.2, 0.25) is 0 Å². The van der Waals surface area contributed by atoms with Gasteiger partial charge in [-0.15, -0.1) is 0 Å². The predicted molar refractivity (Wildman–Crippen MR) is 128 cm³/mol. The molecule has 0 spiro atoms. The molecule has 1 saturated heterocycles. The Bertz CT molecular complexity index is 1210. The molecule has 32 heavy (non-hydrogen) atoms. The topological polar surface area (TPSA) is 88.2 Å². The first-order valence-corrected chi connectivity index (χ1v) is 13.1. The largest absolute Gasteiger partial charge is 0.345 e. The molecule has 2 N–H and O–H groups in total. The van der Waals surface area contributed by atoms with Gasteiger partial charge in [-0.2, -0.15) is 0 Å². The summed E-state index contributed by atoms with van der Waals surface area (Å²) in [5.74, 6) is -0.158. The van der Waals surface area contributed by atoms with Crippen molar-refractivity contribution in [2.24, 2.45) is 5.92 Å². The number of rotatable bonds is 7. The van der Waals surface area contributed by atoms with E-state index in [9.17, 15) is 13.2 Å². The van der Waals surface area contributed by atoms with E-state index in [4.69, 9.17) is 0 Å². The molecule has 1 aromatic heterocycles. The molecule has 1 fully saturated rings. The molecule has 1 aliphatic heterocycles. The standard InChI is InChI=1S/C24H27N3O3S2/c1-16-7-3-5-9-19(16)22(28)20-15-26-24(31-20)27-23(18-11-13-25-14-12-18)32(29,30)21-10-6-4-8-17(21)2/h3-10,15,18,23,25H,11-14H2,1-2H3,(H,26,27). The van der Waals surface area contributed by atoms with Gasteiger partial charge >= 0.3 is 0 Å². The summed E-state index contributed by atoms with van der Waals surface area (Å²) in [7, 11) is -3.66. The van der Waals surface area contributed by atoms with Gasteiger partial charge in [0.1, 0.15) is 5.37 Å². The van der Waals surface area contributed by atoms with Gasteiger partial charge in [-0.3, -0.25) is 4.79 Å². The van der Waals surface area contributed by atoms with Crippen LogP contribution >= 0.6 is 11.3 Å². The van der Waals surface area contributed by atoms with E-state index in [-0.39, 0.29) is 11.7 Å². The first kappa shape index (κ1) is 22.6. The fraction of sp³-hybridized carbons (Fsp3) is 0.333. The monoisotopic (exact) mass is 469 g/mol. The van der Waals surface area contributed by atoms with Crippen molar-refractivity contribution in [1.82, 2.24) is 10.3 Å². The molecule has 4 rings (SSSR count). The lowest BCUT2D eigenvalue weighted by atomic mass is 9.98. The summed E-state index contributed by atoms with van der Waals surface area (Å²) in [5, 5.41) is 6.13. The second-order valence-electron chi connectivity index (χ2n) is 8.14. The summed E-state index contributed by atoms with van der Waals surface area (Å²) in [5.41, 5.74) is 2.25. The first-order valence-electron chi connectivity index (χ1n) is 10.7. The molecule has 3 aromatic rings. The summed E-state index contributed by atoms with van der Waals surface area (Å²) in [6.45, 7) is 5.27. The molecule has 1 unspecified atom stereocenters. The van der Waals surface area contributed by atoms with Gasteiger partial charge in [0.2, 0.25) is 5.78 Å². The lowest BCUT2D eigenvalue weighted by Crippen LogP contribution is -2.42. The van der Waals surface area contributed by atoms with Gasteiger partial charge in [0.05, 0.1) is 16.0 Å². The average Bonchev–Trinajstić information content (AvgIpc) is 3.27. The highest BCUT2D eigenvalue weighted by Gasteiger charge is 2.37. The van der Waals surface area contributed by atoms with Gasteiger partial charge in [0.15, 0.2) is 15.0 Å². The van der Waals surface area contributed by atoms with Crippen LogP contribution in [0.3, 0.4) is 0 Å². The van der Waals surface area contributed by atoms with E-state index in [0.717, 1.165) is 37.1 Å². The smallest absolute Gasteiger partial charge is 0.204 e. The number of carbonyl (C=O) groups is 1. The number of hydrogen-bond acceptors (Lipinski definition) is 7. The van der Waals surface area contributed by atoms with Crippen LogP contribution in [-0.4, -0.2) is 37.6 Å². The van der Waals surface area contributed by atoms with Crippen LogP contribution in [0.4, 0.5) is 5.13 Å². The third kappa shape index (κ3) is 4.62. The fourth-order valence-electron chi connectivity index (χ4n) is 4.14. The van der Waals surface area contributed by atoms with E-state index in [1.807, 2.05) is 44.2 Å². The van der Waals surface area contributed by atoms with Crippen molar-refractivity contribution in [2.75, 3.05) is 18.4 Å². The summed E-state index contributed by atoms with van der Waals surface area (Å²) < 4.78 is 27.4. The second-order valence-corrected chi connectivity index (χ2v) is 11.2. The average molecular weight is 470 g/mol. The Balaban J connectivity index is 1.65. The molecule has 1 atom stereocenters. The van der Waals surface area contributed by atoms with Crippen LogP contribution in [0.25, 0.3) is 0 Å². The molecular formula is C24H27N3O3S2. The number of carbonyl (C=O) groups excluding carboxylic acids is 1. The number of hydrogen-bond donors (Lipinski definition) is 2. The first-order chi connectivity index (χ1) is 15.4. The van der Waals surface area contributed by atoms with E-state index in [0.29, 0.717) is 20.5 Å². The summed E-state index contributed by atoms with van der Waals surface area (Å²) in [6.07, 6.45) is 3.04. The van der Waals surface area contributed by atoms with E-state index in [1.54, 1.807) is 18.2 Å². The molecule has 0 aliphatic carbocycles. The minimum Gasteiger partial charge on any atom is -0.345 e. The number of nitrogens with one attached hydrogen (secondary N) is 2. The van der Waals surface area contributed by atoms with Gasteiger partial charge in [-0.05, 0) is 62.9 Å². The van der Waals surface area contributed by atoms with Crippen molar-refractivity contribution in [1.29, 1.82) is 0 Å². The molecule has 0 radical (unpaired) electrons. The normalized spacial score (nSPS) is 15.9. The number of sulfone groups is 1. The lowest BCUT2D eigenvalue weighted by Gasteiger charge is -2.31. The Morgan fingerprint density at radius 3 is 2.41 bits per heavy atom. The minimum atomic E-state index is -3.66. The Labute approximate surface area is 193 Å². The van der Waals surface area contributed by atoms with Crippen LogP contribution in [0.15, 0.2) is 59.6 Å². The number of aromatic nitrogens is 1. The van der Waals surface area contributed by atoms with Gasteiger partial charge in [-0.25, -0.2) is 13.4 Å². The van der Waals surface area contributed by atoms with Crippen LogP contribution in [-0.2, 0) is 9.84 Å². The molecular weight excluding hydrogens is 442 g/mol. The van der Waals surface area contributed by atoms with Crippen molar-refractivity contribution >= 4 is 32.1 Å². The highest BCUT2D eigenvalue weighted by molar-refractivity contribution is 7.92. The third-order valence-corrected chi connectivity index (χ3v) is 9.10. The van der Waals surface area contributed by atoms with Gasteiger partial charge < -0.3 is 10.6 Å². The fourth-order valence-corrected chi connectivity index (χ4v) is 7.12. The zero-order valence-corrected chi connectivity index (χ0v) is 19.8. The van der Waals surface area contributed by atoms with Crippen molar-refractivity contribution in [3.63, 3.8) is 0 Å². The molecule has 1 aliphatic rings. The number of nitrogens with zero attached hydrogens (tertiary/aromatic N) is 1. The van der Waals surface area contributed by atoms with Crippen LogP contribution in [0.1, 0.15) is 39.2 Å². The molecule has 2 heterocycles. The summed E-state index contributed by atoms with van der Waals surface area (Å²) in [4.78, 5) is 18.1. The lowest BCUT2D eigenvalue weighted by molar-refractivity contribution is 0.104. The highest BCUT2D eigenvalue weighted by atomic mass is 32.2. The molecule has 0 saturated carbocycles. The van der Waals surface area contributed by atoms with E-state index in [2.05, 4.69) is 15.6 Å². The van der Waals surface area contributed by atoms with E-state index in [1.165, 1.54) is 17.5 Å². The zero-order chi connectivity index (χ0) is 22.7. The number of anilines is 1. The van der Waals surface area contributed by atoms with Crippen LogP contribution in [0.5, 0.6) is 0 Å². The maximum absolute atomic E-state index is 13.7. The number of aryl methyl sites for hydroxylation is 2. The Kier molecular flexibility index (Phi) is 6.74. The molecule has 6 nitrogen and oxygen atoms in total. The third-order valence-electron chi connectivity index (χ3n) is 5.93. The number of piperidine rings is 1. The van der Waals surface area contributed by atoms with Crippen molar-refractivity contribution < 1.29 is 13.2 Å². The van der Waals surface area contributed by atoms with Crippen molar-refractivity contribution in [3.8, 4) is 0 Å². The van der Waals surface area contributed by atoms with Crippen molar-refractivity contribution in [2.45, 2.75) is 37.0 Å². The van der Waals surface area contributed by atoms with E-state index >= 15 is 0 Å². The number of benzene rings is 2. The van der Waals surface area contributed by atoms with Crippen LogP contribution < -0.4 is 10.6 Å². The second kappa shape index (κ2) is 9.52. The molecule has 8 heteroatoms. The van der Waals surface area contributed by atoms with Crippen molar-refractivity contribution in [3.05, 3.63) is 76.3 Å². The molecule has 168 valence electrons. The summed E-state index contributed by atoms with van der Waals surface area (Å²) in [6, 6.07) is 14.5. The van der Waals surface area contributed by atoms with Gasteiger partial charge in [0.25, 0.3) is 0 Å². The maximum atomic E-state index is 13.7.